The van der Waals surface area contributed by atoms with E-state index in [4.69, 9.17) is 16.3 Å². The van der Waals surface area contributed by atoms with Crippen LogP contribution in [0.1, 0.15) is 18.7 Å². The molecule has 1 aliphatic rings. The number of amides is 2. The maximum absolute atomic E-state index is 12.1. The topological polar surface area (TPSA) is 77.3 Å². The molecule has 1 aromatic carbocycles. The van der Waals surface area contributed by atoms with Crippen LogP contribution in [-0.4, -0.2) is 43.8 Å². The molecule has 7 nitrogen and oxygen atoms in total. The summed E-state index contributed by atoms with van der Waals surface area (Å²) in [4.78, 5) is 25.0. The Morgan fingerprint density at radius 1 is 1.32 bits per heavy atom. The van der Waals surface area contributed by atoms with Crippen LogP contribution in [-0.2, 0) is 23.2 Å². The monoisotopic (exact) mass is 380 g/mol. The molecule has 2 aromatic rings. The highest BCUT2D eigenvalue weighted by molar-refractivity contribution is 7.99. The second kappa shape index (κ2) is 7.88. The molecule has 0 bridgehead atoms. The number of hydrogen-bond donors (Lipinski definition) is 0. The maximum atomic E-state index is 12.1. The van der Waals surface area contributed by atoms with Crippen LogP contribution in [0.4, 0.5) is 0 Å². The summed E-state index contributed by atoms with van der Waals surface area (Å²) in [5.41, 5.74) is 0. The second-order valence-electron chi connectivity index (χ2n) is 5.53. The molecule has 132 valence electrons. The zero-order chi connectivity index (χ0) is 17.8. The van der Waals surface area contributed by atoms with Gasteiger partial charge < -0.3 is 9.30 Å². The average molecular weight is 381 g/mol. The van der Waals surface area contributed by atoms with E-state index in [1.807, 2.05) is 7.05 Å². The van der Waals surface area contributed by atoms with Gasteiger partial charge in [-0.25, -0.2) is 0 Å². The Hall–Kier alpha value is -2.06. The summed E-state index contributed by atoms with van der Waals surface area (Å²) in [5, 5.41) is 9.42. The minimum Gasteiger partial charge on any atom is -0.486 e. The first-order chi connectivity index (χ1) is 12.0. The number of benzene rings is 1. The Morgan fingerprint density at radius 2 is 2.08 bits per heavy atom. The summed E-state index contributed by atoms with van der Waals surface area (Å²) in [5.74, 6) is 1.21. The van der Waals surface area contributed by atoms with Gasteiger partial charge in [0.25, 0.3) is 0 Å². The molecule has 2 heterocycles. The number of likely N-dealkylation sites (tertiary alicyclic amines) is 1. The number of nitrogens with zero attached hydrogens (tertiary/aromatic N) is 4. The highest BCUT2D eigenvalue weighted by Crippen LogP contribution is 2.20. The number of halogens is 1. The molecule has 1 aliphatic heterocycles. The second-order valence-corrected chi connectivity index (χ2v) is 6.91. The molecule has 25 heavy (non-hydrogen) atoms. The van der Waals surface area contributed by atoms with Crippen LogP contribution in [0.25, 0.3) is 0 Å². The molecule has 0 N–H and O–H groups in total. The number of rotatable bonds is 6. The number of carbonyl (C=O) groups excluding carboxylic acids is 2. The summed E-state index contributed by atoms with van der Waals surface area (Å²) in [6, 6.07) is 7.06. The molecule has 0 unspecified atom stereocenters. The fourth-order valence-electron chi connectivity index (χ4n) is 2.39. The van der Waals surface area contributed by atoms with Gasteiger partial charge in [0, 0.05) is 25.0 Å². The predicted octanol–water partition coefficient (Wildman–Crippen LogP) is 2.29. The molecular formula is C16H17ClN4O3S. The number of imide groups is 1. The lowest BCUT2D eigenvalue weighted by Crippen LogP contribution is -2.33. The Bertz CT molecular complexity index is 778. The number of hydrogen-bond acceptors (Lipinski definition) is 6. The highest BCUT2D eigenvalue weighted by atomic mass is 35.5. The standard InChI is InChI=1S/C16H17ClN4O3S/c1-20-13(9-24-12-6-4-11(17)5-7-12)18-19-16(20)25-10-15(23)21-8-2-3-14(21)22/h4-7H,2-3,8-10H2,1H3. The molecule has 0 atom stereocenters. The highest BCUT2D eigenvalue weighted by Gasteiger charge is 2.26. The van der Waals surface area contributed by atoms with Crippen molar-refractivity contribution in [2.75, 3.05) is 12.3 Å². The first-order valence-corrected chi connectivity index (χ1v) is 9.13. The summed E-state index contributed by atoms with van der Waals surface area (Å²) >= 11 is 7.10. The van der Waals surface area contributed by atoms with E-state index in [2.05, 4.69) is 10.2 Å². The van der Waals surface area contributed by atoms with Gasteiger partial charge in [-0.2, -0.15) is 0 Å². The van der Waals surface area contributed by atoms with E-state index in [1.54, 1.807) is 28.8 Å². The summed E-state index contributed by atoms with van der Waals surface area (Å²) in [6.45, 7) is 0.765. The number of ether oxygens (including phenoxy) is 1. The Morgan fingerprint density at radius 3 is 2.76 bits per heavy atom. The van der Waals surface area contributed by atoms with Gasteiger partial charge in [-0.05, 0) is 30.7 Å². The van der Waals surface area contributed by atoms with Gasteiger partial charge in [-0.1, -0.05) is 23.4 Å². The Balaban J connectivity index is 1.54. The van der Waals surface area contributed by atoms with Crippen molar-refractivity contribution in [2.45, 2.75) is 24.6 Å². The van der Waals surface area contributed by atoms with E-state index in [0.29, 0.717) is 34.7 Å². The largest absolute Gasteiger partial charge is 0.486 e. The number of thioether (sulfide) groups is 1. The molecule has 0 radical (unpaired) electrons. The van der Waals surface area contributed by atoms with Crippen LogP contribution in [0.3, 0.4) is 0 Å². The molecule has 1 aromatic heterocycles. The van der Waals surface area contributed by atoms with E-state index in [0.717, 1.165) is 6.42 Å². The van der Waals surface area contributed by atoms with E-state index in [9.17, 15) is 9.59 Å². The zero-order valence-electron chi connectivity index (χ0n) is 13.6. The van der Waals surface area contributed by atoms with Crippen molar-refractivity contribution in [3.05, 3.63) is 35.1 Å². The number of aromatic nitrogens is 3. The average Bonchev–Trinajstić information content (AvgIpc) is 3.18. The molecule has 1 saturated heterocycles. The van der Waals surface area contributed by atoms with Crippen LogP contribution in [0, 0.1) is 0 Å². The van der Waals surface area contributed by atoms with E-state index >= 15 is 0 Å². The predicted molar refractivity (Wildman–Crippen MR) is 93.5 cm³/mol. The minimum atomic E-state index is -0.186. The normalized spacial score (nSPS) is 14.2. The van der Waals surface area contributed by atoms with E-state index in [1.165, 1.54) is 16.7 Å². The third kappa shape index (κ3) is 4.32. The lowest BCUT2D eigenvalue weighted by atomic mass is 10.3. The van der Waals surface area contributed by atoms with Crippen LogP contribution < -0.4 is 4.74 Å². The van der Waals surface area contributed by atoms with Crippen molar-refractivity contribution < 1.29 is 14.3 Å². The Kier molecular flexibility index (Phi) is 5.60. The SMILES string of the molecule is Cn1c(COc2ccc(Cl)cc2)nnc1SCC(=O)N1CCCC1=O. The lowest BCUT2D eigenvalue weighted by Gasteiger charge is -2.12. The first kappa shape index (κ1) is 17.8. The fourth-order valence-corrected chi connectivity index (χ4v) is 3.32. The molecule has 0 aliphatic carbocycles. The number of carbonyl (C=O) groups is 2. The molecule has 2 amide bonds. The van der Waals surface area contributed by atoms with E-state index in [-0.39, 0.29) is 24.2 Å². The summed E-state index contributed by atoms with van der Waals surface area (Å²) in [7, 11) is 1.81. The molecule has 1 fully saturated rings. The fraction of sp³-hybridized carbons (Fsp3) is 0.375. The van der Waals surface area contributed by atoms with Gasteiger partial charge in [-0.15, -0.1) is 10.2 Å². The van der Waals surface area contributed by atoms with Crippen LogP contribution in [0.2, 0.25) is 5.02 Å². The molecule has 9 heteroatoms. The zero-order valence-corrected chi connectivity index (χ0v) is 15.2. The molecular weight excluding hydrogens is 364 g/mol. The third-order valence-corrected chi connectivity index (χ3v) is 5.06. The van der Waals surface area contributed by atoms with Crippen LogP contribution in [0.15, 0.2) is 29.4 Å². The Labute approximate surface area is 154 Å². The van der Waals surface area contributed by atoms with Crippen molar-refractivity contribution >= 4 is 35.2 Å². The van der Waals surface area contributed by atoms with Crippen LogP contribution in [0.5, 0.6) is 5.75 Å². The molecule has 3 rings (SSSR count). The van der Waals surface area contributed by atoms with Crippen molar-refractivity contribution in [2.24, 2.45) is 7.05 Å². The van der Waals surface area contributed by atoms with E-state index < -0.39 is 0 Å². The van der Waals surface area contributed by atoms with Gasteiger partial charge in [0.2, 0.25) is 11.8 Å². The summed E-state index contributed by atoms with van der Waals surface area (Å²) < 4.78 is 7.43. The van der Waals surface area contributed by atoms with Gasteiger partial charge in [0.15, 0.2) is 11.0 Å². The molecule has 0 spiro atoms. The van der Waals surface area contributed by atoms with Crippen molar-refractivity contribution in [1.29, 1.82) is 0 Å². The van der Waals surface area contributed by atoms with Gasteiger partial charge >= 0.3 is 0 Å². The van der Waals surface area contributed by atoms with Gasteiger partial charge in [0.05, 0.1) is 5.75 Å². The quantitative estimate of drug-likeness (QED) is 0.715. The van der Waals surface area contributed by atoms with Gasteiger partial charge in [0.1, 0.15) is 12.4 Å². The smallest absolute Gasteiger partial charge is 0.239 e. The maximum Gasteiger partial charge on any atom is 0.239 e. The van der Waals surface area contributed by atoms with Gasteiger partial charge in [-0.3, -0.25) is 14.5 Å². The van der Waals surface area contributed by atoms with Crippen molar-refractivity contribution in [3.8, 4) is 5.75 Å². The van der Waals surface area contributed by atoms with Crippen molar-refractivity contribution in [1.82, 2.24) is 19.7 Å². The first-order valence-electron chi connectivity index (χ1n) is 7.77. The minimum absolute atomic E-state index is 0.0966. The third-order valence-electron chi connectivity index (χ3n) is 3.81. The molecule has 0 saturated carbocycles. The lowest BCUT2D eigenvalue weighted by molar-refractivity contribution is -0.140. The van der Waals surface area contributed by atoms with Crippen molar-refractivity contribution in [3.63, 3.8) is 0 Å². The van der Waals surface area contributed by atoms with Crippen LogP contribution >= 0.6 is 23.4 Å². The summed E-state index contributed by atoms with van der Waals surface area (Å²) in [6.07, 6.45) is 1.19.